The van der Waals surface area contributed by atoms with E-state index in [-0.39, 0.29) is 23.8 Å². The van der Waals surface area contributed by atoms with Gasteiger partial charge in [0.1, 0.15) is 5.82 Å². The molecule has 0 saturated carbocycles. The summed E-state index contributed by atoms with van der Waals surface area (Å²) in [6.45, 7) is 2.74. The second-order valence-corrected chi connectivity index (χ2v) is 9.22. The third-order valence-electron chi connectivity index (χ3n) is 6.55. The van der Waals surface area contributed by atoms with Crippen LogP contribution in [0.25, 0.3) is 0 Å². The molecule has 2 fully saturated rings. The summed E-state index contributed by atoms with van der Waals surface area (Å²) in [5.41, 5.74) is 1.12. The maximum atomic E-state index is 13.3. The first-order valence-corrected chi connectivity index (χ1v) is 12.2. The molecule has 3 N–H and O–H groups in total. The van der Waals surface area contributed by atoms with Crippen molar-refractivity contribution in [2.45, 2.75) is 25.7 Å². The SMILES string of the molecule is O=C(NCC1CCCN(C(=O)C2CCCN(C(=O)Nc3ccccc3)C2)C1)Nc1cccc(F)c1. The number of rotatable bonds is 5. The van der Waals surface area contributed by atoms with Gasteiger partial charge in [-0.2, -0.15) is 0 Å². The van der Waals surface area contributed by atoms with E-state index in [0.717, 1.165) is 31.4 Å². The zero-order valence-electron chi connectivity index (χ0n) is 19.7. The molecule has 35 heavy (non-hydrogen) atoms. The van der Waals surface area contributed by atoms with Crippen LogP contribution in [0, 0.1) is 17.7 Å². The molecule has 9 heteroatoms. The highest BCUT2D eigenvalue weighted by molar-refractivity contribution is 5.90. The molecule has 0 spiro atoms. The first-order chi connectivity index (χ1) is 17.0. The van der Waals surface area contributed by atoms with Crippen LogP contribution in [0.3, 0.4) is 0 Å². The summed E-state index contributed by atoms with van der Waals surface area (Å²) in [6.07, 6.45) is 3.34. The van der Waals surface area contributed by atoms with Crippen LogP contribution in [-0.4, -0.2) is 60.5 Å². The molecule has 0 bridgehead atoms. The number of amides is 5. The average molecular weight is 482 g/mol. The molecule has 4 rings (SSSR count). The van der Waals surface area contributed by atoms with Gasteiger partial charge in [0.15, 0.2) is 0 Å². The van der Waals surface area contributed by atoms with Crippen LogP contribution in [0.2, 0.25) is 0 Å². The van der Waals surface area contributed by atoms with Crippen molar-refractivity contribution in [3.63, 3.8) is 0 Å². The molecule has 2 aromatic carbocycles. The van der Waals surface area contributed by atoms with Crippen molar-refractivity contribution in [1.29, 1.82) is 0 Å². The number of nitrogens with one attached hydrogen (secondary N) is 3. The van der Waals surface area contributed by atoms with Crippen LogP contribution in [0.4, 0.5) is 25.4 Å². The van der Waals surface area contributed by atoms with Crippen molar-refractivity contribution in [2.24, 2.45) is 11.8 Å². The van der Waals surface area contributed by atoms with Gasteiger partial charge < -0.3 is 25.8 Å². The van der Waals surface area contributed by atoms with E-state index in [9.17, 15) is 18.8 Å². The summed E-state index contributed by atoms with van der Waals surface area (Å²) >= 11 is 0. The normalized spacial score (nSPS) is 20.1. The van der Waals surface area contributed by atoms with Gasteiger partial charge in [-0.1, -0.05) is 24.3 Å². The molecule has 2 aromatic rings. The fourth-order valence-electron chi connectivity index (χ4n) is 4.76. The topological polar surface area (TPSA) is 93.8 Å². The smallest absolute Gasteiger partial charge is 0.321 e. The highest BCUT2D eigenvalue weighted by Crippen LogP contribution is 2.24. The minimum absolute atomic E-state index is 0.0797. The van der Waals surface area contributed by atoms with Crippen molar-refractivity contribution in [1.82, 2.24) is 15.1 Å². The number of para-hydroxylation sites is 1. The van der Waals surface area contributed by atoms with E-state index in [4.69, 9.17) is 0 Å². The Labute approximate surface area is 204 Å². The zero-order chi connectivity index (χ0) is 24.6. The van der Waals surface area contributed by atoms with Crippen molar-refractivity contribution in [2.75, 3.05) is 43.4 Å². The average Bonchev–Trinajstić information content (AvgIpc) is 2.88. The number of urea groups is 2. The molecule has 2 unspecified atom stereocenters. The largest absolute Gasteiger partial charge is 0.342 e. The van der Waals surface area contributed by atoms with Crippen LogP contribution in [0.1, 0.15) is 25.7 Å². The van der Waals surface area contributed by atoms with Crippen molar-refractivity contribution in [3.05, 3.63) is 60.4 Å². The van der Waals surface area contributed by atoms with E-state index in [2.05, 4.69) is 16.0 Å². The lowest BCUT2D eigenvalue weighted by Gasteiger charge is -2.38. The Balaban J connectivity index is 1.25. The Morgan fingerprint density at radius 3 is 2.40 bits per heavy atom. The van der Waals surface area contributed by atoms with Crippen LogP contribution < -0.4 is 16.0 Å². The van der Waals surface area contributed by atoms with Gasteiger partial charge in [-0.05, 0) is 61.9 Å². The molecular formula is C26H32FN5O3. The lowest BCUT2D eigenvalue weighted by Crippen LogP contribution is -2.51. The van der Waals surface area contributed by atoms with Crippen LogP contribution in [-0.2, 0) is 4.79 Å². The van der Waals surface area contributed by atoms with E-state index in [1.807, 2.05) is 35.2 Å². The highest BCUT2D eigenvalue weighted by Gasteiger charge is 2.33. The fourth-order valence-corrected chi connectivity index (χ4v) is 4.76. The number of carbonyl (C=O) groups is 3. The number of hydrogen-bond acceptors (Lipinski definition) is 3. The lowest BCUT2D eigenvalue weighted by molar-refractivity contribution is -0.138. The maximum Gasteiger partial charge on any atom is 0.321 e. The van der Waals surface area contributed by atoms with E-state index in [1.54, 1.807) is 11.0 Å². The molecule has 2 heterocycles. The predicted molar refractivity (Wildman–Crippen MR) is 132 cm³/mol. The Morgan fingerprint density at radius 1 is 0.857 bits per heavy atom. The molecule has 2 aliphatic rings. The molecule has 2 saturated heterocycles. The monoisotopic (exact) mass is 481 g/mol. The van der Waals surface area contributed by atoms with E-state index in [1.165, 1.54) is 18.2 Å². The Kier molecular flexibility index (Phi) is 8.18. The molecule has 5 amide bonds. The number of carbonyl (C=O) groups excluding carboxylic acids is 3. The summed E-state index contributed by atoms with van der Waals surface area (Å²) in [6, 6.07) is 14.5. The summed E-state index contributed by atoms with van der Waals surface area (Å²) in [7, 11) is 0. The summed E-state index contributed by atoms with van der Waals surface area (Å²) in [5, 5.41) is 8.36. The quantitative estimate of drug-likeness (QED) is 0.600. The number of halogens is 1. The molecule has 8 nitrogen and oxygen atoms in total. The number of benzene rings is 2. The number of piperidine rings is 2. The van der Waals surface area contributed by atoms with Gasteiger partial charge in [0.25, 0.3) is 0 Å². The van der Waals surface area contributed by atoms with E-state index >= 15 is 0 Å². The highest BCUT2D eigenvalue weighted by atomic mass is 19.1. The Bertz CT molecular complexity index is 1030. The predicted octanol–water partition coefficient (Wildman–Crippen LogP) is 4.13. The van der Waals surface area contributed by atoms with Gasteiger partial charge in [-0.25, -0.2) is 14.0 Å². The van der Waals surface area contributed by atoms with Crippen molar-refractivity contribution < 1.29 is 18.8 Å². The number of anilines is 2. The minimum Gasteiger partial charge on any atom is -0.342 e. The molecular weight excluding hydrogens is 449 g/mol. The first-order valence-electron chi connectivity index (χ1n) is 12.2. The molecule has 0 radical (unpaired) electrons. The lowest BCUT2D eigenvalue weighted by atomic mass is 9.93. The number of hydrogen-bond donors (Lipinski definition) is 3. The van der Waals surface area contributed by atoms with Crippen LogP contribution in [0.15, 0.2) is 54.6 Å². The van der Waals surface area contributed by atoms with E-state index < -0.39 is 11.8 Å². The van der Waals surface area contributed by atoms with Crippen LogP contribution in [0.5, 0.6) is 0 Å². The van der Waals surface area contributed by atoms with Gasteiger partial charge in [0.05, 0.1) is 5.92 Å². The Morgan fingerprint density at radius 2 is 1.60 bits per heavy atom. The van der Waals surface area contributed by atoms with Crippen molar-refractivity contribution in [3.8, 4) is 0 Å². The number of nitrogens with zero attached hydrogens (tertiary/aromatic N) is 2. The van der Waals surface area contributed by atoms with Gasteiger partial charge in [-0.3, -0.25) is 4.79 Å². The van der Waals surface area contributed by atoms with Gasteiger partial charge in [0, 0.05) is 44.1 Å². The Hall–Kier alpha value is -3.62. The van der Waals surface area contributed by atoms with Gasteiger partial charge >= 0.3 is 12.1 Å². The number of likely N-dealkylation sites (tertiary alicyclic amines) is 2. The minimum atomic E-state index is -0.414. The van der Waals surface area contributed by atoms with Gasteiger partial charge in [-0.15, -0.1) is 0 Å². The first kappa shape index (κ1) is 24.5. The van der Waals surface area contributed by atoms with Crippen molar-refractivity contribution >= 4 is 29.3 Å². The zero-order valence-corrected chi connectivity index (χ0v) is 19.7. The fraction of sp³-hybridized carbons (Fsp3) is 0.423. The summed E-state index contributed by atoms with van der Waals surface area (Å²) < 4.78 is 13.3. The molecule has 186 valence electrons. The summed E-state index contributed by atoms with van der Waals surface area (Å²) in [4.78, 5) is 41.7. The molecule has 2 aliphatic heterocycles. The van der Waals surface area contributed by atoms with E-state index in [0.29, 0.717) is 38.4 Å². The molecule has 2 atom stereocenters. The third kappa shape index (κ3) is 6.94. The molecule has 0 aliphatic carbocycles. The summed E-state index contributed by atoms with van der Waals surface area (Å²) in [5.74, 6) is -0.403. The maximum absolute atomic E-state index is 13.3. The second-order valence-electron chi connectivity index (χ2n) is 9.22. The van der Waals surface area contributed by atoms with Gasteiger partial charge in [0.2, 0.25) is 5.91 Å². The molecule has 0 aromatic heterocycles. The standard InChI is InChI=1S/C26H32FN5O3/c27-21-9-4-12-23(15-21)29-25(34)28-16-19-7-5-13-31(17-19)24(33)20-8-6-14-32(18-20)26(35)30-22-10-2-1-3-11-22/h1-4,9-12,15,19-20H,5-8,13-14,16-18H2,(H,30,35)(H2,28,29,34). The third-order valence-corrected chi connectivity index (χ3v) is 6.55. The second kappa shape index (κ2) is 11.7. The van der Waals surface area contributed by atoms with Crippen LogP contribution >= 0.6 is 0 Å².